The molecule has 16 heteroatoms. The summed E-state index contributed by atoms with van der Waals surface area (Å²) in [7, 11) is 5.62. The normalized spacial score (nSPS) is 10.5. The molecule has 3 N–H and O–H groups in total. The number of amides is 2. The summed E-state index contributed by atoms with van der Waals surface area (Å²) in [5, 5.41) is 14.6. The fourth-order valence-corrected chi connectivity index (χ4v) is 5.15. The number of hydrogen-bond acceptors (Lipinski definition) is 12. The summed E-state index contributed by atoms with van der Waals surface area (Å²) in [4.78, 5) is 72.2. The van der Waals surface area contributed by atoms with Gasteiger partial charge in [-0.15, -0.1) is 37.1 Å². The number of nitro benzene ring substituents is 1. The maximum absolute atomic E-state index is 12.7. The van der Waals surface area contributed by atoms with E-state index in [4.69, 9.17) is 32.8 Å². The van der Waals surface area contributed by atoms with Gasteiger partial charge in [-0.2, -0.15) is 0 Å². The highest BCUT2D eigenvalue weighted by Crippen LogP contribution is 2.39. The van der Waals surface area contributed by atoms with Crippen molar-refractivity contribution in [3.63, 3.8) is 0 Å². The molecule has 1 aromatic carbocycles. The highest BCUT2D eigenvalue weighted by molar-refractivity contribution is 5.85. The molecule has 0 fully saturated rings. The van der Waals surface area contributed by atoms with Gasteiger partial charge >= 0.3 is 12.1 Å². The standard InChI is InChI=1S/C30H43N3O10.C10H17NO.ClH/c1-6-7-13-22(34)14-9-8-12-18-31-30(37)43-25(17-19-32(2)28(35)15-10-11-16-29(36)42-5)23-20-26(40-3)27(41-4)21-24(23)33(38)39;1-2-3-7-10(12)8-5-4-6-9-11;/h1,20-21,25H,7-19H2,2-5H3,(H,31,37);1H,3-9,11H2;1H. The van der Waals surface area contributed by atoms with E-state index in [9.17, 15) is 34.1 Å². The van der Waals surface area contributed by atoms with Gasteiger partial charge in [0.05, 0.1) is 37.9 Å². The van der Waals surface area contributed by atoms with Crippen LogP contribution < -0.4 is 20.5 Å². The Morgan fingerprint density at radius 2 is 1.36 bits per heavy atom. The second kappa shape index (κ2) is 33.5. The lowest BCUT2D eigenvalue weighted by molar-refractivity contribution is -0.386. The van der Waals surface area contributed by atoms with E-state index < -0.39 is 17.1 Å². The van der Waals surface area contributed by atoms with Crippen molar-refractivity contribution in [3.8, 4) is 36.2 Å². The number of hydrogen-bond donors (Lipinski definition) is 2. The number of alkyl carbamates (subject to hydrolysis) is 1. The number of nitrogens with two attached hydrogens (primary N) is 1. The molecule has 0 bridgehead atoms. The smallest absolute Gasteiger partial charge is 0.407 e. The van der Waals surface area contributed by atoms with Crippen LogP contribution in [0.1, 0.15) is 121 Å². The molecule has 0 aliphatic heterocycles. The lowest BCUT2D eigenvalue weighted by Crippen LogP contribution is -2.31. The van der Waals surface area contributed by atoms with E-state index in [1.54, 1.807) is 7.05 Å². The Morgan fingerprint density at radius 3 is 1.88 bits per heavy atom. The van der Waals surface area contributed by atoms with E-state index in [1.807, 2.05) is 0 Å². The second-order valence-electron chi connectivity index (χ2n) is 12.6. The summed E-state index contributed by atoms with van der Waals surface area (Å²) in [6, 6.07) is 2.59. The van der Waals surface area contributed by atoms with Crippen LogP contribution in [-0.2, 0) is 28.7 Å². The zero-order valence-corrected chi connectivity index (χ0v) is 34.2. The molecular formula is C40H61ClN4O11. The van der Waals surface area contributed by atoms with Gasteiger partial charge in [-0.05, 0) is 51.1 Å². The van der Waals surface area contributed by atoms with Gasteiger partial charge < -0.3 is 34.9 Å². The van der Waals surface area contributed by atoms with Crippen LogP contribution in [0.5, 0.6) is 11.5 Å². The van der Waals surface area contributed by atoms with Crippen LogP contribution in [0.3, 0.4) is 0 Å². The van der Waals surface area contributed by atoms with Crippen molar-refractivity contribution < 1.29 is 47.8 Å². The average molecular weight is 809 g/mol. The van der Waals surface area contributed by atoms with Gasteiger partial charge in [0.25, 0.3) is 5.69 Å². The summed E-state index contributed by atoms with van der Waals surface area (Å²) in [6.07, 6.45) is 17.8. The minimum Gasteiger partial charge on any atom is -0.493 e. The van der Waals surface area contributed by atoms with Gasteiger partial charge in [-0.3, -0.25) is 29.3 Å². The Morgan fingerprint density at radius 1 is 0.821 bits per heavy atom. The van der Waals surface area contributed by atoms with Crippen LogP contribution in [0.2, 0.25) is 0 Å². The van der Waals surface area contributed by atoms with Crippen molar-refractivity contribution >= 4 is 47.6 Å². The number of nitrogens with zero attached hydrogens (tertiary/aromatic N) is 2. The third-order valence-electron chi connectivity index (χ3n) is 8.39. The number of carbonyl (C=O) groups is 5. The zero-order chi connectivity index (χ0) is 41.4. The Kier molecular flexibility index (Phi) is 31.8. The highest BCUT2D eigenvalue weighted by Gasteiger charge is 2.29. The third-order valence-corrected chi connectivity index (χ3v) is 8.39. The number of Topliss-reactive ketones (excluding diaryl/α,β-unsaturated/α-hetero) is 2. The molecule has 0 aromatic heterocycles. The monoisotopic (exact) mass is 808 g/mol. The fraction of sp³-hybridized carbons (Fsp3) is 0.625. The fourth-order valence-electron chi connectivity index (χ4n) is 5.15. The number of nitro groups is 1. The van der Waals surface area contributed by atoms with Crippen molar-refractivity contribution in [3.05, 3.63) is 27.8 Å². The molecule has 56 heavy (non-hydrogen) atoms. The van der Waals surface area contributed by atoms with Crippen LogP contribution in [0.15, 0.2) is 12.1 Å². The van der Waals surface area contributed by atoms with Crippen LogP contribution in [0.25, 0.3) is 0 Å². The Labute approximate surface area is 338 Å². The lowest BCUT2D eigenvalue weighted by atomic mass is 10.0. The maximum Gasteiger partial charge on any atom is 0.407 e. The topological polar surface area (TPSA) is 207 Å². The molecule has 0 spiro atoms. The molecule has 1 aromatic rings. The number of carbonyl (C=O) groups excluding carboxylic acids is 5. The van der Waals surface area contributed by atoms with Crippen molar-refractivity contribution in [2.75, 3.05) is 48.0 Å². The van der Waals surface area contributed by atoms with Gasteiger partial charge in [0.1, 0.15) is 17.7 Å². The second-order valence-corrected chi connectivity index (χ2v) is 12.6. The zero-order valence-electron chi connectivity index (χ0n) is 33.4. The molecule has 0 heterocycles. The Balaban J connectivity index is 0. The first-order chi connectivity index (χ1) is 26.4. The molecule has 0 radical (unpaired) electrons. The predicted molar refractivity (Wildman–Crippen MR) is 216 cm³/mol. The van der Waals surface area contributed by atoms with E-state index >= 15 is 0 Å². The van der Waals surface area contributed by atoms with Crippen LogP contribution in [0, 0.1) is 34.8 Å². The molecule has 1 unspecified atom stereocenters. The molecule has 0 saturated heterocycles. The quantitative estimate of drug-likeness (QED) is 0.0310. The molecule has 0 saturated carbocycles. The number of terminal acetylenes is 2. The maximum atomic E-state index is 12.7. The number of methoxy groups -OCH3 is 3. The summed E-state index contributed by atoms with van der Waals surface area (Å²) >= 11 is 0. The van der Waals surface area contributed by atoms with Crippen LogP contribution in [-0.4, -0.2) is 87.4 Å². The van der Waals surface area contributed by atoms with Gasteiger partial charge in [0.2, 0.25) is 5.91 Å². The lowest BCUT2D eigenvalue weighted by Gasteiger charge is -2.23. The van der Waals surface area contributed by atoms with Crippen molar-refractivity contribution in [1.82, 2.24) is 10.2 Å². The number of halogens is 1. The number of ketones is 2. The molecule has 15 nitrogen and oxygen atoms in total. The molecule has 314 valence electrons. The van der Waals surface area contributed by atoms with Crippen molar-refractivity contribution in [2.45, 2.75) is 115 Å². The first-order valence-corrected chi connectivity index (χ1v) is 18.6. The SMILES string of the molecule is C#CCCC(=O)CCCCCN.C#CCCC(=O)CCCCCNC(=O)OC(CCN(C)C(=O)CCCCC(=O)OC)c1cc(OC)c(OC)cc1[N+](=O)[O-].Cl. The first kappa shape index (κ1) is 53.2. The summed E-state index contributed by atoms with van der Waals surface area (Å²) in [5.74, 6) is 5.10. The Bertz CT molecular complexity index is 1440. The number of ether oxygens (including phenoxy) is 4. The molecule has 0 aliphatic carbocycles. The molecule has 2 amide bonds. The van der Waals surface area contributed by atoms with Crippen LogP contribution >= 0.6 is 12.4 Å². The number of rotatable bonds is 28. The van der Waals surface area contributed by atoms with E-state index in [-0.39, 0.29) is 91.0 Å². The molecule has 0 aliphatic rings. The summed E-state index contributed by atoms with van der Waals surface area (Å²) < 4.78 is 20.8. The van der Waals surface area contributed by atoms with Gasteiger partial charge in [-0.1, -0.05) is 12.8 Å². The Hall–Kier alpha value is -4.86. The molecule has 1 rings (SSSR count). The molecule has 1 atom stereocenters. The average Bonchev–Trinajstić information content (AvgIpc) is 3.18. The number of unbranched alkanes of at least 4 members (excludes halogenated alkanes) is 5. The van der Waals surface area contributed by atoms with E-state index in [2.05, 4.69) is 21.9 Å². The van der Waals surface area contributed by atoms with Crippen molar-refractivity contribution in [1.29, 1.82) is 0 Å². The van der Waals surface area contributed by atoms with Gasteiger partial charge in [-0.25, -0.2) is 4.79 Å². The summed E-state index contributed by atoms with van der Waals surface area (Å²) in [5.41, 5.74) is 5.07. The van der Waals surface area contributed by atoms with E-state index in [0.29, 0.717) is 70.6 Å². The minimum absolute atomic E-state index is 0. The van der Waals surface area contributed by atoms with Gasteiger partial charge in [0.15, 0.2) is 11.5 Å². The number of nitrogens with one attached hydrogen (secondary N) is 1. The molecular weight excluding hydrogens is 748 g/mol. The van der Waals surface area contributed by atoms with E-state index in [1.165, 1.54) is 38.4 Å². The predicted octanol–water partition coefficient (Wildman–Crippen LogP) is 6.41. The minimum atomic E-state index is -1.09. The number of benzene rings is 1. The van der Waals surface area contributed by atoms with Crippen LogP contribution in [0.4, 0.5) is 10.5 Å². The highest BCUT2D eigenvalue weighted by atomic mass is 35.5. The summed E-state index contributed by atoms with van der Waals surface area (Å²) in [6.45, 7) is 1.13. The largest absolute Gasteiger partial charge is 0.493 e. The van der Waals surface area contributed by atoms with Gasteiger partial charge in [0, 0.05) is 77.9 Å². The number of esters is 1. The first-order valence-electron chi connectivity index (χ1n) is 18.6. The third kappa shape index (κ3) is 24.5. The van der Waals surface area contributed by atoms with E-state index in [0.717, 1.165) is 25.8 Å². The van der Waals surface area contributed by atoms with Crippen molar-refractivity contribution in [2.24, 2.45) is 5.73 Å².